The van der Waals surface area contributed by atoms with Crippen LogP contribution in [0.25, 0.3) is 0 Å². The lowest BCUT2D eigenvalue weighted by Gasteiger charge is -2.09. The smallest absolute Gasteiger partial charge is 0.334 e. The maximum atomic E-state index is 11.8. The van der Waals surface area contributed by atoms with E-state index in [1.807, 2.05) is 30.3 Å². The number of aliphatic imine (C=N–C) groups is 1. The van der Waals surface area contributed by atoms with Gasteiger partial charge in [-0.2, -0.15) is 0 Å². The molecule has 0 spiro atoms. The minimum Gasteiger partial charge on any atom is -0.479 e. The Balaban J connectivity index is 1.93. The van der Waals surface area contributed by atoms with Gasteiger partial charge in [-0.3, -0.25) is 9.79 Å². The molecule has 0 aromatic heterocycles. The van der Waals surface area contributed by atoms with E-state index < -0.39 is 18.1 Å². The molecule has 1 aromatic rings. The van der Waals surface area contributed by atoms with Gasteiger partial charge in [-0.25, -0.2) is 4.79 Å². The average Bonchev–Trinajstić information content (AvgIpc) is 2.95. The molecule has 0 saturated carbocycles. The van der Waals surface area contributed by atoms with Crippen molar-refractivity contribution >= 4 is 28.7 Å². The molecule has 1 aliphatic heterocycles. The van der Waals surface area contributed by atoms with Gasteiger partial charge < -0.3 is 15.5 Å². The molecule has 106 valence electrons. The van der Waals surface area contributed by atoms with E-state index >= 15 is 0 Å². The Bertz CT molecular complexity index is 532. The molecular formula is C13H14N2O4S. The molecule has 0 bridgehead atoms. The van der Waals surface area contributed by atoms with Crippen LogP contribution in [0, 0.1) is 0 Å². The first-order valence-electron chi connectivity index (χ1n) is 6.02. The van der Waals surface area contributed by atoms with Crippen LogP contribution < -0.4 is 5.32 Å². The van der Waals surface area contributed by atoms with E-state index in [2.05, 4.69) is 10.3 Å². The molecule has 1 amide bonds. The third-order valence-electron chi connectivity index (χ3n) is 2.73. The quantitative estimate of drug-likeness (QED) is 0.716. The lowest BCUT2D eigenvalue weighted by Crippen LogP contribution is -2.41. The van der Waals surface area contributed by atoms with Gasteiger partial charge in [0.2, 0.25) is 5.91 Å². The van der Waals surface area contributed by atoms with E-state index in [0.29, 0.717) is 5.75 Å². The highest BCUT2D eigenvalue weighted by atomic mass is 32.2. The zero-order chi connectivity index (χ0) is 14.5. The molecule has 0 radical (unpaired) electrons. The van der Waals surface area contributed by atoms with Crippen molar-refractivity contribution in [2.24, 2.45) is 4.99 Å². The summed E-state index contributed by atoms with van der Waals surface area (Å²) in [6, 6.07) is 8.99. The van der Waals surface area contributed by atoms with Gasteiger partial charge in [-0.15, -0.1) is 11.8 Å². The van der Waals surface area contributed by atoms with Gasteiger partial charge in [0.05, 0.1) is 11.6 Å². The molecule has 0 saturated heterocycles. The highest BCUT2D eigenvalue weighted by molar-refractivity contribution is 8.14. The Hall–Kier alpha value is -1.86. The molecule has 2 rings (SSSR count). The maximum Gasteiger partial charge on any atom is 0.334 e. The van der Waals surface area contributed by atoms with Gasteiger partial charge in [-0.1, -0.05) is 30.3 Å². The second-order valence-corrected chi connectivity index (χ2v) is 5.23. The number of hydrogen-bond acceptors (Lipinski definition) is 5. The highest BCUT2D eigenvalue weighted by Crippen LogP contribution is 2.23. The number of amides is 1. The van der Waals surface area contributed by atoms with E-state index in [1.165, 1.54) is 11.8 Å². The molecule has 7 heteroatoms. The number of aliphatic carboxylic acids is 1. The highest BCUT2D eigenvalue weighted by Gasteiger charge is 2.26. The maximum absolute atomic E-state index is 11.8. The van der Waals surface area contributed by atoms with Crippen LogP contribution in [0.4, 0.5) is 0 Å². The SMILES string of the molecule is O=C(NC[C@H](O)C(=O)O)C1CSC(c2ccccc2)=N1. The Morgan fingerprint density at radius 3 is 2.75 bits per heavy atom. The fourth-order valence-corrected chi connectivity index (χ4v) is 2.70. The van der Waals surface area contributed by atoms with E-state index in [-0.39, 0.29) is 12.5 Å². The molecular weight excluding hydrogens is 280 g/mol. The summed E-state index contributed by atoms with van der Waals surface area (Å²) in [5.41, 5.74) is 0.957. The topological polar surface area (TPSA) is 99.0 Å². The molecule has 3 N–H and O–H groups in total. The Morgan fingerprint density at radius 1 is 1.40 bits per heavy atom. The third-order valence-corrected chi connectivity index (χ3v) is 3.83. The molecule has 0 fully saturated rings. The summed E-state index contributed by atoms with van der Waals surface area (Å²) >= 11 is 1.48. The van der Waals surface area contributed by atoms with Crippen molar-refractivity contribution < 1.29 is 19.8 Å². The molecule has 1 heterocycles. The van der Waals surface area contributed by atoms with Crippen LogP contribution in [0.2, 0.25) is 0 Å². The lowest BCUT2D eigenvalue weighted by atomic mass is 10.2. The molecule has 0 aliphatic carbocycles. The monoisotopic (exact) mass is 294 g/mol. The van der Waals surface area contributed by atoms with Gasteiger partial charge in [-0.05, 0) is 0 Å². The van der Waals surface area contributed by atoms with Crippen molar-refractivity contribution in [1.82, 2.24) is 5.32 Å². The molecule has 1 aromatic carbocycles. The predicted molar refractivity (Wildman–Crippen MR) is 75.9 cm³/mol. The summed E-state index contributed by atoms with van der Waals surface area (Å²) in [6.45, 7) is -0.314. The minimum absolute atomic E-state index is 0.314. The number of aliphatic hydroxyl groups is 1. The normalized spacial score (nSPS) is 19.2. The summed E-state index contributed by atoms with van der Waals surface area (Å²) < 4.78 is 0. The minimum atomic E-state index is -1.59. The first kappa shape index (κ1) is 14.5. The van der Waals surface area contributed by atoms with Crippen molar-refractivity contribution in [2.45, 2.75) is 12.1 Å². The van der Waals surface area contributed by atoms with Crippen LogP contribution in [0.1, 0.15) is 5.56 Å². The van der Waals surface area contributed by atoms with Gasteiger partial charge in [0.1, 0.15) is 6.04 Å². The Morgan fingerprint density at radius 2 is 2.10 bits per heavy atom. The number of nitrogens with zero attached hydrogens (tertiary/aromatic N) is 1. The second-order valence-electron chi connectivity index (χ2n) is 4.23. The summed E-state index contributed by atoms with van der Waals surface area (Å²) in [5, 5.41) is 20.8. The number of nitrogens with one attached hydrogen (secondary N) is 1. The number of carboxylic acid groups (broad SMARTS) is 1. The van der Waals surface area contributed by atoms with Gasteiger partial charge in [0.15, 0.2) is 6.10 Å². The van der Waals surface area contributed by atoms with Crippen LogP contribution in [-0.2, 0) is 9.59 Å². The van der Waals surface area contributed by atoms with Crippen LogP contribution in [0.3, 0.4) is 0 Å². The van der Waals surface area contributed by atoms with Crippen LogP contribution in [0.5, 0.6) is 0 Å². The summed E-state index contributed by atoms with van der Waals surface area (Å²) in [6.07, 6.45) is -1.59. The summed E-state index contributed by atoms with van der Waals surface area (Å²) in [5.74, 6) is -1.22. The second kappa shape index (κ2) is 6.53. The lowest BCUT2D eigenvalue weighted by molar-refractivity contribution is -0.146. The summed E-state index contributed by atoms with van der Waals surface area (Å²) in [4.78, 5) is 26.6. The summed E-state index contributed by atoms with van der Waals surface area (Å²) in [7, 11) is 0. The molecule has 6 nitrogen and oxygen atoms in total. The fraction of sp³-hybridized carbons (Fsp3) is 0.308. The molecule has 1 unspecified atom stereocenters. The van der Waals surface area contributed by atoms with Crippen molar-refractivity contribution in [1.29, 1.82) is 0 Å². The number of aliphatic hydroxyl groups excluding tert-OH is 1. The Labute approximate surface area is 119 Å². The van der Waals surface area contributed by atoms with Crippen LogP contribution in [-0.4, -0.2) is 51.6 Å². The van der Waals surface area contributed by atoms with Crippen molar-refractivity contribution in [3.8, 4) is 0 Å². The van der Waals surface area contributed by atoms with E-state index in [1.54, 1.807) is 0 Å². The first-order chi connectivity index (χ1) is 9.58. The van der Waals surface area contributed by atoms with Crippen molar-refractivity contribution in [2.75, 3.05) is 12.3 Å². The van der Waals surface area contributed by atoms with Gasteiger partial charge >= 0.3 is 5.97 Å². The van der Waals surface area contributed by atoms with Crippen LogP contribution in [0.15, 0.2) is 35.3 Å². The largest absolute Gasteiger partial charge is 0.479 e. The predicted octanol–water partition coefficient (Wildman–Crippen LogP) is 0.110. The van der Waals surface area contributed by atoms with E-state index in [0.717, 1.165) is 10.6 Å². The van der Waals surface area contributed by atoms with Gasteiger partial charge in [0.25, 0.3) is 0 Å². The fourth-order valence-electron chi connectivity index (χ4n) is 1.65. The number of benzene rings is 1. The van der Waals surface area contributed by atoms with E-state index in [9.17, 15) is 9.59 Å². The average molecular weight is 294 g/mol. The molecule has 1 aliphatic rings. The zero-order valence-corrected chi connectivity index (χ0v) is 11.3. The molecule has 20 heavy (non-hydrogen) atoms. The zero-order valence-electron chi connectivity index (χ0n) is 10.5. The van der Waals surface area contributed by atoms with E-state index in [4.69, 9.17) is 10.2 Å². The van der Waals surface area contributed by atoms with Crippen molar-refractivity contribution in [3.05, 3.63) is 35.9 Å². The number of thioether (sulfide) groups is 1. The number of rotatable bonds is 5. The third kappa shape index (κ3) is 3.58. The Kier molecular flexibility index (Phi) is 4.75. The number of carbonyl (C=O) groups is 2. The van der Waals surface area contributed by atoms with Gasteiger partial charge in [0, 0.05) is 11.3 Å². The number of hydrogen-bond donors (Lipinski definition) is 3. The first-order valence-corrected chi connectivity index (χ1v) is 7.01. The number of carbonyl (C=O) groups excluding carboxylic acids is 1. The standard InChI is InChI=1S/C13H14N2O4S/c16-10(13(18)19)6-14-11(17)9-7-20-12(15-9)8-4-2-1-3-5-8/h1-5,9-10,16H,6-7H2,(H,14,17)(H,18,19)/t9?,10-/m0/s1. The van der Waals surface area contributed by atoms with Crippen molar-refractivity contribution in [3.63, 3.8) is 0 Å². The van der Waals surface area contributed by atoms with Crippen LogP contribution >= 0.6 is 11.8 Å². The number of carboxylic acids is 1. The molecule has 2 atom stereocenters.